The fourth-order valence-corrected chi connectivity index (χ4v) is 3.75. The Hall–Kier alpha value is -0.830. The van der Waals surface area contributed by atoms with Crippen molar-refractivity contribution >= 4 is 22.9 Å². The van der Waals surface area contributed by atoms with Gasteiger partial charge < -0.3 is 5.73 Å². The second kappa shape index (κ2) is 6.75. The van der Waals surface area contributed by atoms with Crippen LogP contribution in [0.25, 0.3) is 0 Å². The SMILES string of the molecule is CCc1cc(CC)c(C(N)c2ccc(Cl)s2)c(CC)c1. The molecule has 0 radical (unpaired) electrons. The van der Waals surface area contributed by atoms with E-state index < -0.39 is 0 Å². The summed E-state index contributed by atoms with van der Waals surface area (Å²) in [7, 11) is 0. The Kier molecular flexibility index (Phi) is 5.25. The van der Waals surface area contributed by atoms with Crippen LogP contribution in [-0.2, 0) is 19.3 Å². The molecule has 0 fully saturated rings. The van der Waals surface area contributed by atoms with Crippen molar-refractivity contribution in [1.82, 2.24) is 0 Å². The highest BCUT2D eigenvalue weighted by Crippen LogP contribution is 2.34. The summed E-state index contributed by atoms with van der Waals surface area (Å²) in [6.45, 7) is 6.60. The highest BCUT2D eigenvalue weighted by Gasteiger charge is 2.18. The minimum absolute atomic E-state index is 0.0664. The van der Waals surface area contributed by atoms with E-state index in [0.29, 0.717) is 0 Å². The molecule has 2 N–H and O–H groups in total. The fourth-order valence-electron chi connectivity index (χ4n) is 2.68. The minimum Gasteiger partial charge on any atom is -0.320 e. The Morgan fingerprint density at radius 2 is 1.65 bits per heavy atom. The van der Waals surface area contributed by atoms with Crippen molar-refractivity contribution in [3.05, 3.63) is 55.7 Å². The average molecular weight is 308 g/mol. The zero-order valence-corrected chi connectivity index (χ0v) is 13.9. The predicted molar refractivity (Wildman–Crippen MR) is 89.9 cm³/mol. The third-order valence-electron chi connectivity index (χ3n) is 3.79. The van der Waals surface area contributed by atoms with Crippen molar-refractivity contribution in [2.24, 2.45) is 5.73 Å². The van der Waals surface area contributed by atoms with E-state index in [9.17, 15) is 0 Å². The van der Waals surface area contributed by atoms with E-state index in [-0.39, 0.29) is 6.04 Å². The van der Waals surface area contributed by atoms with E-state index in [1.807, 2.05) is 12.1 Å². The summed E-state index contributed by atoms with van der Waals surface area (Å²) in [5.41, 5.74) is 12.0. The lowest BCUT2D eigenvalue weighted by Gasteiger charge is -2.20. The number of benzene rings is 1. The van der Waals surface area contributed by atoms with Gasteiger partial charge >= 0.3 is 0 Å². The van der Waals surface area contributed by atoms with Crippen LogP contribution in [0.2, 0.25) is 4.34 Å². The molecule has 1 aromatic heterocycles. The van der Waals surface area contributed by atoms with Gasteiger partial charge in [0, 0.05) is 4.88 Å². The molecule has 2 rings (SSSR count). The molecule has 0 bridgehead atoms. The normalized spacial score (nSPS) is 12.7. The number of thiophene rings is 1. The lowest BCUT2D eigenvalue weighted by molar-refractivity contribution is 0.840. The molecule has 1 atom stereocenters. The number of hydrogen-bond acceptors (Lipinski definition) is 2. The van der Waals surface area contributed by atoms with E-state index in [4.69, 9.17) is 17.3 Å². The molecule has 20 heavy (non-hydrogen) atoms. The van der Waals surface area contributed by atoms with Crippen molar-refractivity contribution in [2.75, 3.05) is 0 Å². The van der Waals surface area contributed by atoms with Crippen LogP contribution in [0.4, 0.5) is 0 Å². The van der Waals surface area contributed by atoms with Crippen LogP contribution < -0.4 is 5.73 Å². The largest absolute Gasteiger partial charge is 0.320 e. The van der Waals surface area contributed by atoms with Gasteiger partial charge in [0.2, 0.25) is 0 Å². The van der Waals surface area contributed by atoms with Gasteiger partial charge in [-0.25, -0.2) is 0 Å². The molecule has 1 heterocycles. The van der Waals surface area contributed by atoms with Crippen molar-refractivity contribution in [3.63, 3.8) is 0 Å². The van der Waals surface area contributed by atoms with Crippen LogP contribution in [0.3, 0.4) is 0 Å². The van der Waals surface area contributed by atoms with Crippen LogP contribution in [0.15, 0.2) is 24.3 Å². The number of rotatable bonds is 5. The van der Waals surface area contributed by atoms with Crippen molar-refractivity contribution < 1.29 is 0 Å². The topological polar surface area (TPSA) is 26.0 Å². The number of aryl methyl sites for hydroxylation is 3. The van der Waals surface area contributed by atoms with Crippen LogP contribution >= 0.6 is 22.9 Å². The number of nitrogens with two attached hydrogens (primary N) is 1. The Labute approximate surface area is 130 Å². The lowest BCUT2D eigenvalue weighted by Crippen LogP contribution is -2.15. The van der Waals surface area contributed by atoms with Gasteiger partial charge in [0.05, 0.1) is 10.4 Å². The molecule has 1 nitrogen and oxygen atoms in total. The highest BCUT2D eigenvalue weighted by molar-refractivity contribution is 7.16. The smallest absolute Gasteiger partial charge is 0.0931 e. The molecule has 0 aliphatic carbocycles. The fraction of sp³-hybridized carbons (Fsp3) is 0.412. The van der Waals surface area contributed by atoms with E-state index >= 15 is 0 Å². The van der Waals surface area contributed by atoms with Crippen LogP contribution in [0.1, 0.15) is 53.9 Å². The van der Waals surface area contributed by atoms with Crippen LogP contribution in [0.5, 0.6) is 0 Å². The molecule has 2 aromatic rings. The van der Waals surface area contributed by atoms with E-state index in [1.54, 1.807) is 11.3 Å². The van der Waals surface area contributed by atoms with E-state index in [2.05, 4.69) is 32.9 Å². The summed E-state index contributed by atoms with van der Waals surface area (Å²) in [6.07, 6.45) is 3.10. The molecule has 0 saturated heterocycles. The molecule has 108 valence electrons. The molecule has 0 aliphatic heterocycles. The number of hydrogen-bond donors (Lipinski definition) is 1. The Morgan fingerprint density at radius 1 is 1.05 bits per heavy atom. The average Bonchev–Trinajstić information content (AvgIpc) is 2.91. The first-order chi connectivity index (χ1) is 9.60. The van der Waals surface area contributed by atoms with Gasteiger partial charge in [-0.2, -0.15) is 0 Å². The molecule has 1 aromatic carbocycles. The maximum atomic E-state index is 6.53. The van der Waals surface area contributed by atoms with Gasteiger partial charge in [-0.05, 0) is 53.6 Å². The summed E-state index contributed by atoms with van der Waals surface area (Å²) < 4.78 is 0.803. The first-order valence-corrected chi connectivity index (χ1v) is 8.45. The summed E-state index contributed by atoms with van der Waals surface area (Å²) in [5.74, 6) is 0. The summed E-state index contributed by atoms with van der Waals surface area (Å²) in [6, 6.07) is 8.53. The zero-order chi connectivity index (χ0) is 14.7. The second-order valence-electron chi connectivity index (χ2n) is 5.01. The van der Waals surface area contributed by atoms with Gasteiger partial charge in [-0.15, -0.1) is 11.3 Å². The van der Waals surface area contributed by atoms with Gasteiger partial charge in [-0.1, -0.05) is 44.5 Å². The summed E-state index contributed by atoms with van der Waals surface area (Å²) >= 11 is 7.63. The molecule has 0 aliphatic rings. The molecular formula is C17H22ClNS. The standard InChI is InChI=1S/C17H22ClNS/c1-4-11-9-12(5-2)16(13(6-3)10-11)17(19)14-7-8-15(18)20-14/h7-10,17H,4-6,19H2,1-3H3. The monoisotopic (exact) mass is 307 g/mol. The zero-order valence-electron chi connectivity index (χ0n) is 12.4. The van der Waals surface area contributed by atoms with Gasteiger partial charge in [0.15, 0.2) is 0 Å². The second-order valence-corrected chi connectivity index (χ2v) is 6.75. The maximum absolute atomic E-state index is 6.53. The molecular weight excluding hydrogens is 286 g/mol. The first-order valence-electron chi connectivity index (χ1n) is 7.26. The quantitative estimate of drug-likeness (QED) is 0.813. The van der Waals surface area contributed by atoms with E-state index in [0.717, 1.165) is 28.5 Å². The van der Waals surface area contributed by atoms with E-state index in [1.165, 1.54) is 22.3 Å². The molecule has 0 spiro atoms. The maximum Gasteiger partial charge on any atom is 0.0931 e. The molecule has 3 heteroatoms. The Balaban J connectivity index is 2.53. The first kappa shape index (κ1) is 15.6. The van der Waals surface area contributed by atoms with Gasteiger partial charge in [-0.3, -0.25) is 0 Å². The molecule has 0 saturated carbocycles. The van der Waals surface area contributed by atoms with Crippen LogP contribution in [-0.4, -0.2) is 0 Å². The third kappa shape index (κ3) is 3.08. The minimum atomic E-state index is -0.0664. The third-order valence-corrected chi connectivity index (χ3v) is 5.11. The van der Waals surface area contributed by atoms with Gasteiger partial charge in [0.1, 0.15) is 0 Å². The van der Waals surface area contributed by atoms with Crippen LogP contribution in [0, 0.1) is 0 Å². The molecule has 0 amide bonds. The number of halogens is 1. The molecule has 1 unspecified atom stereocenters. The summed E-state index contributed by atoms with van der Waals surface area (Å²) in [4.78, 5) is 1.14. The highest BCUT2D eigenvalue weighted by atomic mass is 35.5. The lowest BCUT2D eigenvalue weighted by atomic mass is 9.89. The van der Waals surface area contributed by atoms with Crippen molar-refractivity contribution in [1.29, 1.82) is 0 Å². The predicted octanol–water partition coefficient (Wildman–Crippen LogP) is 5.14. The van der Waals surface area contributed by atoms with Crippen molar-refractivity contribution in [2.45, 2.75) is 46.1 Å². The summed E-state index contributed by atoms with van der Waals surface area (Å²) in [5, 5.41) is 0. The van der Waals surface area contributed by atoms with Crippen molar-refractivity contribution in [3.8, 4) is 0 Å². The Bertz CT molecular complexity index is 563. The van der Waals surface area contributed by atoms with Gasteiger partial charge in [0.25, 0.3) is 0 Å². The Morgan fingerprint density at radius 3 is 2.05 bits per heavy atom.